The zero-order valence-electron chi connectivity index (χ0n) is 10.5. The van der Waals surface area contributed by atoms with Crippen LogP contribution in [0.4, 0.5) is 5.82 Å². The quantitative estimate of drug-likeness (QED) is 0.772. The van der Waals surface area contributed by atoms with E-state index in [1.54, 1.807) is 0 Å². The maximum absolute atomic E-state index is 5.16. The molecule has 1 aromatic rings. The topological polar surface area (TPSA) is 40.7 Å². The summed E-state index contributed by atoms with van der Waals surface area (Å²) in [6, 6.07) is 2.32. The van der Waals surface area contributed by atoms with E-state index in [-0.39, 0.29) is 0 Å². The van der Waals surface area contributed by atoms with Gasteiger partial charge in [-0.1, -0.05) is 33.0 Å². The maximum atomic E-state index is 5.16. The summed E-state index contributed by atoms with van der Waals surface area (Å²) < 4.78 is 0.653. The van der Waals surface area contributed by atoms with Gasteiger partial charge in [0.25, 0.3) is 0 Å². The van der Waals surface area contributed by atoms with E-state index in [1.807, 2.05) is 6.07 Å². The number of aromatic nitrogens is 2. The Morgan fingerprint density at radius 1 is 1.44 bits per heavy atom. The lowest BCUT2D eigenvalue weighted by Crippen LogP contribution is -2.15. The molecule has 1 atom stereocenters. The molecule has 1 aromatic heterocycles. The van der Waals surface area contributed by atoms with Crippen LogP contribution in [0, 0.1) is 10.6 Å². The summed E-state index contributed by atoms with van der Waals surface area (Å²) in [4.78, 5) is 7.62. The van der Waals surface area contributed by atoms with Crippen LogP contribution < -0.4 is 5.32 Å². The van der Waals surface area contributed by atoms with Crippen molar-refractivity contribution in [2.24, 2.45) is 5.92 Å². The Labute approximate surface area is 103 Å². The van der Waals surface area contributed by atoms with Crippen LogP contribution in [0.1, 0.15) is 39.9 Å². The largest absolute Gasteiger partial charge is 0.369 e. The molecule has 1 heterocycles. The Kier molecular flexibility index (Phi) is 4.93. The highest BCUT2D eigenvalue weighted by atomic mass is 32.1. The number of rotatable bonds is 5. The molecule has 3 nitrogen and oxygen atoms in total. The number of hydrogen-bond donors (Lipinski definition) is 2. The van der Waals surface area contributed by atoms with E-state index in [4.69, 9.17) is 12.2 Å². The second-order valence-electron chi connectivity index (χ2n) is 4.63. The van der Waals surface area contributed by atoms with Gasteiger partial charge in [0.1, 0.15) is 16.3 Å². The Morgan fingerprint density at radius 3 is 2.69 bits per heavy atom. The highest BCUT2D eigenvalue weighted by molar-refractivity contribution is 7.71. The standard InChI is InChI=1S/C12H21N3S/c1-5-9(4)13-11-7-12(16)15-10(14-11)6-8(2)3/h7-9H,5-6H2,1-4H3,(H2,13,14,15,16). The third kappa shape index (κ3) is 4.31. The third-order valence-electron chi connectivity index (χ3n) is 2.41. The zero-order valence-corrected chi connectivity index (χ0v) is 11.3. The molecule has 0 bridgehead atoms. The van der Waals surface area contributed by atoms with Crippen molar-refractivity contribution in [1.82, 2.24) is 9.97 Å². The number of aromatic amines is 1. The van der Waals surface area contributed by atoms with Gasteiger partial charge in [0.2, 0.25) is 0 Å². The molecule has 16 heavy (non-hydrogen) atoms. The predicted molar refractivity (Wildman–Crippen MR) is 71.3 cm³/mol. The maximum Gasteiger partial charge on any atom is 0.131 e. The van der Waals surface area contributed by atoms with Crippen molar-refractivity contribution in [2.75, 3.05) is 5.32 Å². The average Bonchev–Trinajstić information content (AvgIpc) is 2.15. The van der Waals surface area contributed by atoms with Crippen LogP contribution in [0.25, 0.3) is 0 Å². The Balaban J connectivity index is 2.85. The van der Waals surface area contributed by atoms with Gasteiger partial charge in [0, 0.05) is 18.5 Å². The predicted octanol–water partition coefficient (Wildman–Crippen LogP) is 3.55. The normalized spacial score (nSPS) is 12.8. The first-order valence-corrected chi connectivity index (χ1v) is 6.28. The van der Waals surface area contributed by atoms with E-state index in [0.717, 1.165) is 24.5 Å². The van der Waals surface area contributed by atoms with Gasteiger partial charge < -0.3 is 10.3 Å². The van der Waals surface area contributed by atoms with Crippen LogP contribution in [-0.4, -0.2) is 16.0 Å². The smallest absolute Gasteiger partial charge is 0.131 e. The van der Waals surface area contributed by atoms with Crippen LogP contribution >= 0.6 is 12.2 Å². The van der Waals surface area contributed by atoms with Gasteiger partial charge >= 0.3 is 0 Å². The van der Waals surface area contributed by atoms with Gasteiger partial charge in [0.05, 0.1) is 0 Å². The first-order chi connectivity index (χ1) is 7.51. The van der Waals surface area contributed by atoms with Crippen molar-refractivity contribution in [3.8, 4) is 0 Å². The monoisotopic (exact) mass is 239 g/mol. The van der Waals surface area contributed by atoms with Gasteiger partial charge in [-0.15, -0.1) is 0 Å². The van der Waals surface area contributed by atoms with Crippen molar-refractivity contribution >= 4 is 18.0 Å². The van der Waals surface area contributed by atoms with Gasteiger partial charge in [-0.05, 0) is 19.3 Å². The van der Waals surface area contributed by atoms with Gasteiger partial charge in [-0.2, -0.15) is 0 Å². The van der Waals surface area contributed by atoms with Crippen molar-refractivity contribution in [3.63, 3.8) is 0 Å². The summed E-state index contributed by atoms with van der Waals surface area (Å²) in [7, 11) is 0. The summed E-state index contributed by atoms with van der Waals surface area (Å²) >= 11 is 5.16. The van der Waals surface area contributed by atoms with Crippen LogP contribution in [0.3, 0.4) is 0 Å². The highest BCUT2D eigenvalue weighted by Crippen LogP contribution is 2.10. The van der Waals surface area contributed by atoms with Gasteiger partial charge in [0.15, 0.2) is 0 Å². The molecule has 90 valence electrons. The SMILES string of the molecule is CCC(C)Nc1cc(=S)nc(CC(C)C)[nH]1. The Bertz CT molecular complexity index is 384. The summed E-state index contributed by atoms with van der Waals surface area (Å²) in [6.07, 6.45) is 2.02. The molecule has 0 aliphatic carbocycles. The summed E-state index contributed by atoms with van der Waals surface area (Å²) in [6.45, 7) is 8.66. The van der Waals surface area contributed by atoms with Gasteiger partial charge in [-0.25, -0.2) is 4.98 Å². The Morgan fingerprint density at radius 2 is 2.12 bits per heavy atom. The van der Waals surface area contributed by atoms with E-state index in [9.17, 15) is 0 Å². The summed E-state index contributed by atoms with van der Waals surface area (Å²) in [5.74, 6) is 2.52. The van der Waals surface area contributed by atoms with Gasteiger partial charge in [-0.3, -0.25) is 0 Å². The molecule has 2 N–H and O–H groups in total. The molecular weight excluding hydrogens is 218 g/mol. The molecule has 0 saturated carbocycles. The van der Waals surface area contributed by atoms with Crippen LogP contribution in [-0.2, 0) is 6.42 Å². The molecule has 0 radical (unpaired) electrons. The molecule has 0 spiro atoms. The minimum atomic E-state index is 0.444. The molecule has 1 unspecified atom stereocenters. The van der Waals surface area contributed by atoms with Crippen molar-refractivity contribution in [3.05, 3.63) is 16.5 Å². The average molecular weight is 239 g/mol. The number of nitrogens with one attached hydrogen (secondary N) is 2. The number of H-pyrrole nitrogens is 1. The number of anilines is 1. The molecule has 0 saturated heterocycles. The van der Waals surface area contributed by atoms with Crippen molar-refractivity contribution < 1.29 is 0 Å². The molecule has 0 aromatic carbocycles. The molecule has 4 heteroatoms. The zero-order chi connectivity index (χ0) is 12.1. The van der Waals surface area contributed by atoms with E-state index < -0.39 is 0 Å². The third-order valence-corrected chi connectivity index (χ3v) is 2.62. The second-order valence-corrected chi connectivity index (χ2v) is 5.05. The number of nitrogens with zero attached hydrogens (tertiary/aromatic N) is 1. The summed E-state index contributed by atoms with van der Waals surface area (Å²) in [5, 5.41) is 3.38. The van der Waals surface area contributed by atoms with Crippen molar-refractivity contribution in [2.45, 2.75) is 46.6 Å². The fourth-order valence-electron chi connectivity index (χ4n) is 1.44. The van der Waals surface area contributed by atoms with Crippen LogP contribution in [0.2, 0.25) is 0 Å². The van der Waals surface area contributed by atoms with E-state index >= 15 is 0 Å². The molecule has 0 aliphatic heterocycles. The molecule has 0 aliphatic rings. The highest BCUT2D eigenvalue weighted by Gasteiger charge is 2.04. The first kappa shape index (κ1) is 13.2. The fourth-order valence-corrected chi connectivity index (χ4v) is 1.66. The van der Waals surface area contributed by atoms with Crippen molar-refractivity contribution in [1.29, 1.82) is 0 Å². The first-order valence-electron chi connectivity index (χ1n) is 5.88. The lowest BCUT2D eigenvalue weighted by Gasteiger charge is -2.14. The van der Waals surface area contributed by atoms with Crippen LogP contribution in [0.15, 0.2) is 6.07 Å². The molecule has 0 amide bonds. The van der Waals surface area contributed by atoms with Crippen LogP contribution in [0.5, 0.6) is 0 Å². The molecule has 0 fully saturated rings. The molecule has 1 rings (SSSR count). The summed E-state index contributed by atoms with van der Waals surface area (Å²) in [5.41, 5.74) is 0. The van der Waals surface area contributed by atoms with E-state index in [2.05, 4.69) is 43.0 Å². The molecular formula is C12H21N3S. The minimum Gasteiger partial charge on any atom is -0.369 e. The Hall–Kier alpha value is -0.900. The minimum absolute atomic E-state index is 0.444. The lowest BCUT2D eigenvalue weighted by atomic mass is 10.1. The van der Waals surface area contributed by atoms with E-state index in [1.165, 1.54) is 0 Å². The second kappa shape index (κ2) is 5.99. The number of hydrogen-bond acceptors (Lipinski definition) is 3. The van der Waals surface area contributed by atoms with E-state index in [0.29, 0.717) is 16.6 Å². The lowest BCUT2D eigenvalue weighted by molar-refractivity contribution is 0.619. The fraction of sp³-hybridized carbons (Fsp3) is 0.667.